The summed E-state index contributed by atoms with van der Waals surface area (Å²) in [7, 11) is 1.08. The number of hydrogen-bond donors (Lipinski definition) is 3. The summed E-state index contributed by atoms with van der Waals surface area (Å²) in [5.41, 5.74) is 0. The van der Waals surface area contributed by atoms with Crippen LogP contribution in [0.1, 0.15) is 0 Å². The highest BCUT2D eigenvalue weighted by molar-refractivity contribution is 5.79. The molecular weight excluding hydrogens is 208 g/mol. The number of rotatable bonds is 2. The second-order valence-corrected chi connectivity index (χ2v) is 3.17. The number of aldehydes is 1. The third kappa shape index (κ3) is 2.15. The Hall–Kier alpha value is -1.02. The van der Waals surface area contributed by atoms with Gasteiger partial charge in [-0.25, -0.2) is 4.79 Å². The van der Waals surface area contributed by atoms with Crippen LogP contribution >= 0.6 is 0 Å². The number of carbonyl (C=O) groups is 2. The highest BCUT2D eigenvalue weighted by atomic mass is 16.6. The lowest BCUT2D eigenvalue weighted by Crippen LogP contribution is -2.57. The summed E-state index contributed by atoms with van der Waals surface area (Å²) in [6.45, 7) is 0. The van der Waals surface area contributed by atoms with Gasteiger partial charge in [0.15, 0.2) is 12.4 Å². The maximum Gasteiger partial charge on any atom is 0.335 e. The zero-order chi connectivity index (χ0) is 11.6. The Morgan fingerprint density at radius 2 is 1.93 bits per heavy atom. The van der Waals surface area contributed by atoms with E-state index >= 15 is 0 Å². The molecule has 0 saturated carbocycles. The van der Waals surface area contributed by atoms with Crippen molar-refractivity contribution < 1.29 is 34.4 Å². The molecule has 7 nitrogen and oxygen atoms in total. The molecule has 1 aliphatic rings. The maximum absolute atomic E-state index is 11.1. The first-order chi connectivity index (χ1) is 7.02. The van der Waals surface area contributed by atoms with E-state index in [1.54, 1.807) is 0 Å². The molecule has 1 unspecified atom stereocenters. The van der Waals surface area contributed by atoms with Gasteiger partial charge in [0.05, 0.1) is 19.1 Å². The van der Waals surface area contributed by atoms with E-state index in [9.17, 15) is 19.8 Å². The zero-order valence-electron chi connectivity index (χ0n) is 7.94. The van der Waals surface area contributed by atoms with E-state index in [1.165, 1.54) is 0 Å². The molecule has 7 heteroatoms. The minimum atomic E-state index is -1.72. The average Bonchev–Trinajstić information content (AvgIpc) is 2.24. The Balaban J connectivity index is 2.87. The molecule has 15 heavy (non-hydrogen) atoms. The van der Waals surface area contributed by atoms with Crippen LogP contribution in [-0.4, -0.2) is 59.3 Å². The Morgan fingerprint density at radius 1 is 1.33 bits per heavy atom. The first-order valence-electron chi connectivity index (χ1n) is 4.25. The Morgan fingerprint density at radius 3 is 2.40 bits per heavy atom. The van der Waals surface area contributed by atoms with Crippen LogP contribution in [0.2, 0.25) is 0 Å². The van der Waals surface area contributed by atoms with Crippen LogP contribution in [0.25, 0.3) is 0 Å². The maximum atomic E-state index is 11.1. The van der Waals surface area contributed by atoms with E-state index in [0.29, 0.717) is 0 Å². The fourth-order valence-corrected chi connectivity index (χ4v) is 1.38. The van der Waals surface area contributed by atoms with Gasteiger partial charge in [0.1, 0.15) is 12.4 Å². The lowest BCUT2D eigenvalue weighted by molar-refractivity contribution is -0.263. The van der Waals surface area contributed by atoms with Gasteiger partial charge in [-0.05, 0) is 0 Å². The summed E-state index contributed by atoms with van der Waals surface area (Å²) in [6, 6.07) is 0. The smallest absolute Gasteiger partial charge is 0.335 e. The SMILES string of the molecule is COC(=O)[C@H]1OC(O)[C@H](O)[C@@H](O)[C@@H]1C=O. The number of carbonyl (C=O) groups excluding carboxylic acids is 2. The number of aliphatic hydroxyl groups excluding tert-OH is 3. The second kappa shape index (κ2) is 4.67. The topological polar surface area (TPSA) is 113 Å². The summed E-state index contributed by atoms with van der Waals surface area (Å²) >= 11 is 0. The summed E-state index contributed by atoms with van der Waals surface area (Å²) in [6.07, 6.45) is -6.03. The Kier molecular flexibility index (Phi) is 3.75. The van der Waals surface area contributed by atoms with Gasteiger partial charge in [-0.1, -0.05) is 0 Å². The number of hydrogen-bond acceptors (Lipinski definition) is 7. The number of ether oxygens (including phenoxy) is 2. The molecule has 1 saturated heterocycles. The van der Waals surface area contributed by atoms with Crippen molar-refractivity contribution in [2.24, 2.45) is 5.92 Å². The standard InChI is InChI=1S/C8H12O7/c1-14-8(13)6-3(2-9)4(10)5(11)7(12)15-6/h2-7,10-12H,1H3/t3-,4-,5+,6-,7?/m0/s1. The minimum absolute atomic E-state index is 0.279. The van der Waals surface area contributed by atoms with Crippen LogP contribution in [-0.2, 0) is 19.1 Å². The van der Waals surface area contributed by atoms with Crippen molar-refractivity contribution in [1.29, 1.82) is 0 Å². The molecule has 86 valence electrons. The van der Waals surface area contributed by atoms with Gasteiger partial charge in [0.2, 0.25) is 0 Å². The fraction of sp³-hybridized carbons (Fsp3) is 0.750. The highest BCUT2D eigenvalue weighted by Crippen LogP contribution is 2.24. The van der Waals surface area contributed by atoms with Crippen LogP contribution in [0.15, 0.2) is 0 Å². The molecule has 1 aliphatic heterocycles. The van der Waals surface area contributed by atoms with E-state index in [4.69, 9.17) is 5.11 Å². The Bertz CT molecular complexity index is 253. The van der Waals surface area contributed by atoms with Crippen molar-refractivity contribution in [2.45, 2.75) is 24.6 Å². The Labute approximate surface area is 85.2 Å². The molecule has 1 rings (SSSR count). The molecule has 0 aromatic rings. The molecule has 0 spiro atoms. The van der Waals surface area contributed by atoms with E-state index in [1.807, 2.05) is 0 Å². The van der Waals surface area contributed by atoms with Crippen LogP contribution < -0.4 is 0 Å². The molecule has 1 fully saturated rings. The molecular formula is C8H12O7. The van der Waals surface area contributed by atoms with Crippen LogP contribution in [0.3, 0.4) is 0 Å². The van der Waals surface area contributed by atoms with E-state index in [2.05, 4.69) is 9.47 Å². The van der Waals surface area contributed by atoms with Crippen LogP contribution in [0, 0.1) is 5.92 Å². The van der Waals surface area contributed by atoms with Crippen molar-refractivity contribution in [3.63, 3.8) is 0 Å². The van der Waals surface area contributed by atoms with Gasteiger partial charge < -0.3 is 29.6 Å². The van der Waals surface area contributed by atoms with Gasteiger partial charge in [0.25, 0.3) is 0 Å². The van der Waals surface area contributed by atoms with Crippen molar-refractivity contribution in [2.75, 3.05) is 7.11 Å². The molecule has 0 amide bonds. The summed E-state index contributed by atoms with van der Waals surface area (Å²) < 4.78 is 8.99. The van der Waals surface area contributed by atoms with Gasteiger partial charge in [-0.3, -0.25) is 0 Å². The van der Waals surface area contributed by atoms with E-state index in [-0.39, 0.29) is 6.29 Å². The lowest BCUT2D eigenvalue weighted by atomic mass is 9.90. The molecule has 0 bridgehead atoms. The van der Waals surface area contributed by atoms with Crippen LogP contribution in [0.5, 0.6) is 0 Å². The molecule has 0 radical (unpaired) electrons. The number of methoxy groups -OCH3 is 1. The van der Waals surface area contributed by atoms with Gasteiger partial charge in [0, 0.05) is 0 Å². The second-order valence-electron chi connectivity index (χ2n) is 3.17. The molecule has 3 N–H and O–H groups in total. The normalized spacial score (nSPS) is 40.9. The lowest BCUT2D eigenvalue weighted by Gasteiger charge is -2.36. The van der Waals surface area contributed by atoms with Crippen LogP contribution in [0.4, 0.5) is 0 Å². The van der Waals surface area contributed by atoms with E-state index in [0.717, 1.165) is 7.11 Å². The van der Waals surface area contributed by atoms with Gasteiger partial charge >= 0.3 is 5.97 Å². The summed E-state index contributed by atoms with van der Waals surface area (Å²) in [4.78, 5) is 21.7. The van der Waals surface area contributed by atoms with Crippen molar-refractivity contribution >= 4 is 12.3 Å². The van der Waals surface area contributed by atoms with Crippen molar-refractivity contribution in [3.05, 3.63) is 0 Å². The van der Waals surface area contributed by atoms with Crippen molar-refractivity contribution in [1.82, 2.24) is 0 Å². The monoisotopic (exact) mass is 220 g/mol. The zero-order valence-corrected chi connectivity index (χ0v) is 7.94. The first-order valence-corrected chi connectivity index (χ1v) is 4.25. The highest BCUT2D eigenvalue weighted by Gasteiger charge is 2.47. The molecule has 0 aromatic carbocycles. The predicted molar refractivity (Wildman–Crippen MR) is 44.5 cm³/mol. The van der Waals surface area contributed by atoms with E-state index < -0.39 is 36.5 Å². The third-order valence-electron chi connectivity index (χ3n) is 2.26. The minimum Gasteiger partial charge on any atom is -0.467 e. The molecule has 0 aromatic heterocycles. The summed E-state index contributed by atoms with van der Waals surface area (Å²) in [5, 5.41) is 27.7. The molecule has 0 aliphatic carbocycles. The quantitative estimate of drug-likeness (QED) is 0.346. The third-order valence-corrected chi connectivity index (χ3v) is 2.26. The molecule has 1 heterocycles. The fourth-order valence-electron chi connectivity index (χ4n) is 1.38. The summed E-state index contributed by atoms with van der Waals surface area (Å²) in [5.74, 6) is -2.15. The molecule has 5 atom stereocenters. The largest absolute Gasteiger partial charge is 0.467 e. The number of esters is 1. The van der Waals surface area contributed by atoms with Crippen molar-refractivity contribution in [3.8, 4) is 0 Å². The first kappa shape index (κ1) is 12.1. The predicted octanol–water partition coefficient (Wildman–Crippen LogP) is -2.59. The number of aliphatic hydroxyl groups is 3. The van der Waals surface area contributed by atoms with Gasteiger partial charge in [-0.15, -0.1) is 0 Å². The van der Waals surface area contributed by atoms with Gasteiger partial charge in [-0.2, -0.15) is 0 Å². The average molecular weight is 220 g/mol.